The number of methoxy groups -OCH3 is 1. The van der Waals surface area contributed by atoms with Crippen molar-refractivity contribution in [3.8, 4) is 0 Å². The van der Waals surface area contributed by atoms with Crippen molar-refractivity contribution in [1.82, 2.24) is 31.4 Å². The Morgan fingerprint density at radius 2 is 1.29 bits per heavy atom. The molecule has 0 atom stereocenters. The number of hydrogen-bond donors (Lipinski definition) is 4. The van der Waals surface area contributed by atoms with Crippen molar-refractivity contribution in [2.24, 2.45) is 0 Å². The zero-order chi connectivity index (χ0) is 34.2. The van der Waals surface area contributed by atoms with Crippen LogP contribution in [-0.2, 0) is 47.9 Å². The third-order valence-corrected chi connectivity index (χ3v) is 7.46. The Morgan fingerprint density at radius 3 is 1.98 bits per heavy atom. The van der Waals surface area contributed by atoms with Gasteiger partial charge in [0.05, 0.1) is 39.5 Å². The number of carbonyl (C=O) groups is 4. The summed E-state index contributed by atoms with van der Waals surface area (Å²) in [6, 6.07) is 18.0. The first-order chi connectivity index (χ1) is 23.4. The van der Waals surface area contributed by atoms with Crippen LogP contribution in [-0.4, -0.2) is 113 Å². The van der Waals surface area contributed by atoms with Crippen LogP contribution in [0.2, 0.25) is 0 Å². The number of hydrogen-bond acceptors (Lipinski definition) is 9. The molecule has 14 heteroatoms. The van der Waals surface area contributed by atoms with Crippen LogP contribution in [0.4, 0.5) is 9.59 Å². The number of ether oxygens (including phenoxy) is 3. The first-order valence-corrected chi connectivity index (χ1v) is 16.5. The first kappa shape index (κ1) is 38.2. The lowest BCUT2D eigenvalue weighted by molar-refractivity contribution is -0.130. The molecule has 1 saturated heterocycles. The van der Waals surface area contributed by atoms with Gasteiger partial charge in [0.15, 0.2) is 0 Å². The molecule has 1 aliphatic heterocycles. The van der Waals surface area contributed by atoms with Gasteiger partial charge in [-0.2, -0.15) is 5.48 Å². The van der Waals surface area contributed by atoms with Crippen molar-refractivity contribution < 1.29 is 38.2 Å². The molecule has 4 N–H and O–H groups in total. The number of hydroxylamine groups is 1. The Kier molecular flexibility index (Phi) is 18.4. The van der Waals surface area contributed by atoms with E-state index in [9.17, 15) is 19.2 Å². The van der Waals surface area contributed by atoms with Gasteiger partial charge in [-0.1, -0.05) is 54.6 Å². The highest BCUT2D eigenvalue weighted by molar-refractivity contribution is 5.79. The first-order valence-electron chi connectivity index (χ1n) is 16.5. The molecule has 3 rings (SSSR count). The molecule has 0 radical (unpaired) electrons. The van der Waals surface area contributed by atoms with Gasteiger partial charge in [0.2, 0.25) is 5.91 Å². The number of benzene rings is 2. The molecule has 0 spiro atoms. The molecule has 5 amide bonds. The lowest BCUT2D eigenvalue weighted by Gasteiger charge is -2.33. The average molecular weight is 671 g/mol. The van der Waals surface area contributed by atoms with Crippen molar-refractivity contribution in [2.45, 2.75) is 38.5 Å². The quantitative estimate of drug-likeness (QED) is 0.122. The number of piperazine rings is 1. The van der Waals surface area contributed by atoms with Crippen molar-refractivity contribution in [1.29, 1.82) is 0 Å². The second-order valence-electron chi connectivity index (χ2n) is 11.2. The van der Waals surface area contributed by atoms with Crippen LogP contribution in [0.25, 0.3) is 0 Å². The van der Waals surface area contributed by atoms with Crippen LogP contribution in [0.15, 0.2) is 54.6 Å². The number of aryl methyl sites for hydroxylation is 2. The van der Waals surface area contributed by atoms with Crippen molar-refractivity contribution in [3.05, 3.63) is 71.3 Å². The topological polar surface area (TPSA) is 160 Å². The summed E-state index contributed by atoms with van der Waals surface area (Å²) in [6.07, 6.45) is 3.79. The fraction of sp³-hybridized carbons (Fsp3) is 0.529. The second-order valence-corrected chi connectivity index (χ2v) is 11.2. The SMILES string of the molecule is COCCOCCOCCNC(=O)NCCC(=O)NN1CCN(C(=O)ONC(=O)Cc2ccc(CCCCc3ccccc3)cc2)CC1. The summed E-state index contributed by atoms with van der Waals surface area (Å²) in [5.41, 5.74) is 8.42. The summed E-state index contributed by atoms with van der Waals surface area (Å²) in [5, 5.41) is 6.98. The molecule has 1 aliphatic rings. The molecule has 1 heterocycles. The van der Waals surface area contributed by atoms with Crippen molar-refractivity contribution in [3.63, 3.8) is 0 Å². The van der Waals surface area contributed by atoms with E-state index in [0.717, 1.165) is 31.2 Å². The van der Waals surface area contributed by atoms with Crippen LogP contribution in [0.1, 0.15) is 36.0 Å². The Morgan fingerprint density at radius 1 is 0.688 bits per heavy atom. The Bertz CT molecular complexity index is 1230. The van der Waals surface area contributed by atoms with E-state index in [-0.39, 0.29) is 31.3 Å². The van der Waals surface area contributed by atoms with Gasteiger partial charge in [0, 0.05) is 52.8 Å². The molecule has 264 valence electrons. The summed E-state index contributed by atoms with van der Waals surface area (Å²) in [5.74, 6) is -0.675. The van der Waals surface area contributed by atoms with E-state index in [0.29, 0.717) is 65.8 Å². The molecule has 0 aromatic heterocycles. The third-order valence-electron chi connectivity index (χ3n) is 7.46. The standard InChI is InChI=1S/C34H50N6O8/c1-45-23-24-47-26-25-46-22-17-36-33(43)35-16-15-31(41)37-40-20-18-39(19-21-40)34(44)48-38-32(42)27-30-13-11-29(12-14-30)10-6-5-9-28-7-3-2-4-8-28/h2-4,7-8,11-14H,5-6,9-10,15-27H2,1H3,(H,37,41)(H,38,42)(H2,35,36,43). The maximum atomic E-state index is 12.4. The van der Waals surface area contributed by atoms with Crippen LogP contribution < -0.4 is 21.5 Å². The molecule has 0 saturated carbocycles. The fourth-order valence-corrected chi connectivity index (χ4v) is 4.80. The van der Waals surface area contributed by atoms with E-state index in [4.69, 9.17) is 19.0 Å². The van der Waals surface area contributed by atoms with E-state index in [1.54, 1.807) is 12.1 Å². The Hall–Kier alpha value is -4.24. The monoisotopic (exact) mass is 670 g/mol. The second kappa shape index (κ2) is 23.1. The van der Waals surface area contributed by atoms with Crippen LogP contribution in [0, 0.1) is 0 Å². The van der Waals surface area contributed by atoms with Gasteiger partial charge < -0.3 is 34.6 Å². The van der Waals surface area contributed by atoms with E-state index in [1.807, 2.05) is 30.3 Å². The molecule has 1 fully saturated rings. The van der Waals surface area contributed by atoms with Crippen LogP contribution in [0.5, 0.6) is 0 Å². The highest BCUT2D eigenvalue weighted by atomic mass is 16.7. The average Bonchev–Trinajstić information content (AvgIpc) is 3.10. The normalized spacial score (nSPS) is 13.1. The van der Waals surface area contributed by atoms with Gasteiger partial charge in [-0.3, -0.25) is 15.0 Å². The maximum Gasteiger partial charge on any atom is 0.434 e. The predicted molar refractivity (Wildman–Crippen MR) is 179 cm³/mol. The number of hydrazine groups is 1. The molecule has 0 aliphatic carbocycles. The van der Waals surface area contributed by atoms with E-state index in [1.165, 1.54) is 16.0 Å². The van der Waals surface area contributed by atoms with E-state index < -0.39 is 12.0 Å². The smallest absolute Gasteiger partial charge is 0.382 e. The molecule has 48 heavy (non-hydrogen) atoms. The van der Waals surface area contributed by atoms with Gasteiger partial charge in [0.25, 0.3) is 5.91 Å². The van der Waals surface area contributed by atoms with E-state index in [2.05, 4.69) is 45.8 Å². The number of carbonyl (C=O) groups excluding carboxylic acids is 4. The zero-order valence-corrected chi connectivity index (χ0v) is 27.9. The summed E-state index contributed by atoms with van der Waals surface area (Å²) >= 11 is 0. The minimum atomic E-state index is -0.656. The highest BCUT2D eigenvalue weighted by Crippen LogP contribution is 2.11. The van der Waals surface area contributed by atoms with Crippen LogP contribution in [0.3, 0.4) is 0 Å². The third kappa shape index (κ3) is 16.5. The maximum absolute atomic E-state index is 12.4. The molecular formula is C34H50N6O8. The number of amides is 5. The molecule has 14 nitrogen and oxygen atoms in total. The lowest BCUT2D eigenvalue weighted by atomic mass is 10.0. The minimum Gasteiger partial charge on any atom is -0.382 e. The van der Waals surface area contributed by atoms with Gasteiger partial charge >= 0.3 is 12.1 Å². The molecule has 2 aromatic carbocycles. The Balaban J connectivity index is 1.18. The molecule has 0 bridgehead atoms. The number of rotatable bonds is 20. The zero-order valence-electron chi connectivity index (χ0n) is 27.9. The number of nitrogens with zero attached hydrogens (tertiary/aromatic N) is 2. The molecule has 2 aromatic rings. The van der Waals surface area contributed by atoms with Crippen molar-refractivity contribution in [2.75, 3.05) is 79.4 Å². The van der Waals surface area contributed by atoms with Crippen LogP contribution >= 0.6 is 0 Å². The summed E-state index contributed by atoms with van der Waals surface area (Å²) in [6.45, 7) is 4.15. The van der Waals surface area contributed by atoms with Gasteiger partial charge in [0.1, 0.15) is 0 Å². The lowest BCUT2D eigenvalue weighted by Crippen LogP contribution is -2.55. The number of urea groups is 1. The van der Waals surface area contributed by atoms with Gasteiger partial charge in [-0.05, 0) is 42.4 Å². The Labute approximate surface area is 282 Å². The number of nitrogens with one attached hydrogen (secondary N) is 4. The minimum absolute atomic E-state index is 0.0918. The summed E-state index contributed by atoms with van der Waals surface area (Å²) in [7, 11) is 1.61. The predicted octanol–water partition coefficient (Wildman–Crippen LogP) is 1.98. The van der Waals surface area contributed by atoms with E-state index >= 15 is 0 Å². The molecular weight excluding hydrogens is 620 g/mol. The summed E-state index contributed by atoms with van der Waals surface area (Å²) in [4.78, 5) is 55.4. The van der Waals surface area contributed by atoms with Gasteiger partial charge in [-0.25, -0.2) is 14.6 Å². The fourth-order valence-electron chi connectivity index (χ4n) is 4.80. The van der Waals surface area contributed by atoms with Gasteiger partial charge in [-0.15, -0.1) is 0 Å². The van der Waals surface area contributed by atoms with Crippen molar-refractivity contribution >= 4 is 23.9 Å². The largest absolute Gasteiger partial charge is 0.434 e. The summed E-state index contributed by atoms with van der Waals surface area (Å²) < 4.78 is 15.5. The highest BCUT2D eigenvalue weighted by Gasteiger charge is 2.24. The molecule has 0 unspecified atom stereocenters. The number of unbranched alkanes of at least 4 members (excludes halogenated alkanes) is 1.